The molecular weight excluding hydrogens is 222 g/mol. The second-order valence-corrected chi connectivity index (χ2v) is 6.72. The number of nitrogens with one attached hydrogen (secondary N) is 1. The molecule has 0 spiro atoms. The average molecular weight is 251 g/mol. The molecule has 3 aliphatic rings. The molecular formula is C15H29N3. The zero-order chi connectivity index (χ0) is 12.5. The van der Waals surface area contributed by atoms with Crippen LogP contribution in [0.25, 0.3) is 0 Å². The molecule has 0 aromatic rings. The smallest absolute Gasteiger partial charge is 0.0346 e. The van der Waals surface area contributed by atoms with Crippen LogP contribution in [0.15, 0.2) is 0 Å². The average Bonchev–Trinajstić information content (AvgIpc) is 2.32. The number of rotatable bonds is 2. The van der Waals surface area contributed by atoms with Gasteiger partial charge in [-0.15, -0.1) is 0 Å². The van der Waals surface area contributed by atoms with E-state index in [1.165, 1.54) is 58.5 Å². The first-order valence-corrected chi connectivity index (χ1v) is 7.94. The molecule has 1 saturated carbocycles. The largest absolute Gasteiger partial charge is 0.314 e. The van der Waals surface area contributed by atoms with Crippen molar-refractivity contribution in [2.45, 2.75) is 45.2 Å². The number of hydrogen-bond donors (Lipinski definition) is 1. The lowest BCUT2D eigenvalue weighted by molar-refractivity contribution is 0.0150. The lowest BCUT2D eigenvalue weighted by atomic mass is 9.77. The number of piperazine rings is 1. The van der Waals surface area contributed by atoms with Crippen molar-refractivity contribution in [3.05, 3.63) is 0 Å². The third-order valence-corrected chi connectivity index (χ3v) is 5.76. The molecule has 3 rings (SSSR count). The molecule has 3 heteroatoms. The van der Waals surface area contributed by atoms with Crippen molar-refractivity contribution in [2.24, 2.45) is 11.8 Å². The second kappa shape index (κ2) is 5.48. The summed E-state index contributed by atoms with van der Waals surface area (Å²) in [6.07, 6.45) is 4.34. The van der Waals surface area contributed by atoms with E-state index in [2.05, 4.69) is 29.0 Å². The fourth-order valence-corrected chi connectivity index (χ4v) is 4.03. The number of nitrogens with zero attached hydrogens (tertiary/aromatic N) is 2. The van der Waals surface area contributed by atoms with Gasteiger partial charge in [0, 0.05) is 51.4 Å². The molecule has 0 radical (unpaired) electrons. The third-order valence-electron chi connectivity index (χ3n) is 5.76. The van der Waals surface area contributed by atoms with E-state index in [-0.39, 0.29) is 0 Å². The lowest BCUT2D eigenvalue weighted by Crippen LogP contribution is -2.63. The van der Waals surface area contributed by atoms with Gasteiger partial charge in [-0.1, -0.05) is 26.7 Å². The van der Waals surface area contributed by atoms with Crippen LogP contribution in [0, 0.1) is 11.8 Å². The Balaban J connectivity index is 1.52. The van der Waals surface area contributed by atoms with E-state index in [0.717, 1.165) is 23.9 Å². The van der Waals surface area contributed by atoms with Gasteiger partial charge in [-0.05, 0) is 18.3 Å². The van der Waals surface area contributed by atoms with Crippen molar-refractivity contribution >= 4 is 0 Å². The van der Waals surface area contributed by atoms with Crippen LogP contribution in [0.5, 0.6) is 0 Å². The lowest BCUT2D eigenvalue weighted by Gasteiger charge is -2.48. The van der Waals surface area contributed by atoms with Gasteiger partial charge in [0.1, 0.15) is 0 Å². The van der Waals surface area contributed by atoms with Crippen LogP contribution in [-0.2, 0) is 0 Å². The van der Waals surface area contributed by atoms with Crippen molar-refractivity contribution in [1.29, 1.82) is 0 Å². The van der Waals surface area contributed by atoms with Gasteiger partial charge in [0.25, 0.3) is 0 Å². The molecule has 2 heterocycles. The summed E-state index contributed by atoms with van der Waals surface area (Å²) in [7, 11) is 0. The highest BCUT2D eigenvalue weighted by atomic mass is 15.3. The highest BCUT2D eigenvalue weighted by Gasteiger charge is 2.34. The van der Waals surface area contributed by atoms with Crippen LogP contribution in [0.2, 0.25) is 0 Å². The van der Waals surface area contributed by atoms with Crippen molar-refractivity contribution in [3.8, 4) is 0 Å². The van der Waals surface area contributed by atoms with Gasteiger partial charge in [0.15, 0.2) is 0 Å². The molecule has 1 aliphatic carbocycles. The Morgan fingerprint density at radius 1 is 0.889 bits per heavy atom. The molecule has 0 aromatic carbocycles. The van der Waals surface area contributed by atoms with E-state index in [0.29, 0.717) is 0 Å². The van der Waals surface area contributed by atoms with Crippen molar-refractivity contribution < 1.29 is 0 Å². The predicted octanol–water partition coefficient (Wildman–Crippen LogP) is 1.40. The standard InChI is InChI=1S/C15H29N3/c1-12-4-3-5-15(13(12)2)18-8-6-17(7-9-18)14-10-16-11-14/h12-16H,3-11H2,1-2H3. The molecule has 104 valence electrons. The number of hydrogen-bond acceptors (Lipinski definition) is 3. The summed E-state index contributed by atoms with van der Waals surface area (Å²) in [5, 5.41) is 3.39. The maximum atomic E-state index is 3.39. The first-order valence-electron chi connectivity index (χ1n) is 7.94. The minimum Gasteiger partial charge on any atom is -0.314 e. The van der Waals surface area contributed by atoms with Gasteiger partial charge in [-0.2, -0.15) is 0 Å². The fraction of sp³-hybridized carbons (Fsp3) is 1.00. The summed E-state index contributed by atoms with van der Waals surface area (Å²) >= 11 is 0. The van der Waals surface area contributed by atoms with Crippen molar-refractivity contribution in [3.63, 3.8) is 0 Å². The van der Waals surface area contributed by atoms with Gasteiger partial charge >= 0.3 is 0 Å². The topological polar surface area (TPSA) is 18.5 Å². The summed E-state index contributed by atoms with van der Waals surface area (Å²) in [6.45, 7) is 12.6. The molecule has 0 aromatic heterocycles. The maximum Gasteiger partial charge on any atom is 0.0346 e. The van der Waals surface area contributed by atoms with Crippen molar-refractivity contribution in [1.82, 2.24) is 15.1 Å². The summed E-state index contributed by atoms with van der Waals surface area (Å²) in [5.74, 6) is 1.83. The van der Waals surface area contributed by atoms with E-state index in [1.807, 2.05) is 0 Å². The summed E-state index contributed by atoms with van der Waals surface area (Å²) in [6, 6.07) is 1.71. The van der Waals surface area contributed by atoms with Crippen LogP contribution >= 0.6 is 0 Å². The van der Waals surface area contributed by atoms with Gasteiger partial charge in [0.05, 0.1) is 0 Å². The first kappa shape index (κ1) is 12.9. The Kier molecular flexibility index (Phi) is 3.92. The van der Waals surface area contributed by atoms with Crippen LogP contribution in [-0.4, -0.2) is 61.2 Å². The quantitative estimate of drug-likeness (QED) is 0.800. The van der Waals surface area contributed by atoms with Gasteiger partial charge in [0.2, 0.25) is 0 Å². The molecule has 3 fully saturated rings. The van der Waals surface area contributed by atoms with E-state index < -0.39 is 0 Å². The Labute approximate surface area is 112 Å². The minimum atomic E-state index is 0.842. The second-order valence-electron chi connectivity index (χ2n) is 6.72. The molecule has 0 bridgehead atoms. The summed E-state index contributed by atoms with van der Waals surface area (Å²) in [4.78, 5) is 5.49. The Morgan fingerprint density at radius 3 is 2.17 bits per heavy atom. The monoisotopic (exact) mass is 251 g/mol. The predicted molar refractivity (Wildman–Crippen MR) is 75.8 cm³/mol. The van der Waals surface area contributed by atoms with E-state index in [1.54, 1.807) is 0 Å². The molecule has 3 unspecified atom stereocenters. The SMILES string of the molecule is CC1CCCC(N2CCN(C3CNC3)CC2)C1C. The Hall–Kier alpha value is -0.120. The molecule has 2 aliphatic heterocycles. The summed E-state index contributed by atoms with van der Waals surface area (Å²) < 4.78 is 0. The highest BCUT2D eigenvalue weighted by Crippen LogP contribution is 2.33. The van der Waals surface area contributed by atoms with Gasteiger partial charge < -0.3 is 5.32 Å². The van der Waals surface area contributed by atoms with E-state index >= 15 is 0 Å². The molecule has 2 saturated heterocycles. The maximum absolute atomic E-state index is 3.39. The van der Waals surface area contributed by atoms with E-state index in [4.69, 9.17) is 0 Å². The Bertz CT molecular complexity index is 269. The fourth-order valence-electron chi connectivity index (χ4n) is 4.03. The third kappa shape index (κ3) is 2.45. The van der Waals surface area contributed by atoms with Crippen LogP contribution in [0.4, 0.5) is 0 Å². The van der Waals surface area contributed by atoms with E-state index in [9.17, 15) is 0 Å². The molecule has 3 atom stereocenters. The molecule has 0 amide bonds. The summed E-state index contributed by atoms with van der Waals surface area (Å²) in [5.41, 5.74) is 0. The molecule has 3 nitrogen and oxygen atoms in total. The first-order chi connectivity index (χ1) is 8.75. The van der Waals surface area contributed by atoms with Crippen LogP contribution in [0.1, 0.15) is 33.1 Å². The zero-order valence-electron chi connectivity index (χ0n) is 12.1. The van der Waals surface area contributed by atoms with Crippen LogP contribution < -0.4 is 5.32 Å². The molecule has 18 heavy (non-hydrogen) atoms. The minimum absolute atomic E-state index is 0.842. The van der Waals surface area contributed by atoms with Gasteiger partial charge in [-0.25, -0.2) is 0 Å². The zero-order valence-corrected chi connectivity index (χ0v) is 12.1. The normalized spacial score (nSPS) is 40.7. The van der Waals surface area contributed by atoms with Crippen molar-refractivity contribution in [2.75, 3.05) is 39.3 Å². The van der Waals surface area contributed by atoms with Crippen LogP contribution in [0.3, 0.4) is 0 Å². The van der Waals surface area contributed by atoms with Gasteiger partial charge in [-0.3, -0.25) is 9.80 Å². The highest BCUT2D eigenvalue weighted by molar-refractivity contribution is 4.91. The Morgan fingerprint density at radius 2 is 1.56 bits per heavy atom. The molecule has 1 N–H and O–H groups in total.